The summed E-state index contributed by atoms with van der Waals surface area (Å²) in [5, 5.41) is 10.5. The third-order valence-electron chi connectivity index (χ3n) is 11.3. The first kappa shape index (κ1) is 62.2. The van der Waals surface area contributed by atoms with Gasteiger partial charge in [0.25, 0.3) is 0 Å². The Morgan fingerprint density at radius 1 is 0.485 bits per heavy atom. The van der Waals surface area contributed by atoms with E-state index in [1.54, 1.807) is 6.92 Å². The van der Waals surface area contributed by atoms with E-state index in [-0.39, 0.29) is 81.0 Å². The van der Waals surface area contributed by atoms with Crippen LogP contribution in [0.4, 0.5) is 0 Å². The lowest BCUT2D eigenvalue weighted by Gasteiger charge is -2.25. The Bertz CT molecular complexity index is 1780. The van der Waals surface area contributed by atoms with Crippen LogP contribution in [0, 0.1) is 29.6 Å². The third kappa shape index (κ3) is 26.5. The van der Waals surface area contributed by atoms with Crippen molar-refractivity contribution in [1.82, 2.24) is 21.3 Å². The highest BCUT2D eigenvalue weighted by Crippen LogP contribution is 2.20. The number of hydrogen-bond donors (Lipinski definition) is 11. The lowest BCUT2D eigenvalue weighted by Crippen LogP contribution is -2.48. The summed E-state index contributed by atoms with van der Waals surface area (Å²) in [6.45, 7) is 11.7. The average Bonchev–Trinajstić information content (AvgIpc) is 3.24. The largest absolute Gasteiger partial charge is 0.370 e. The van der Waals surface area contributed by atoms with Crippen LogP contribution in [0.3, 0.4) is 0 Å². The fourth-order valence-electron chi connectivity index (χ4n) is 7.00. The number of nitrogens with zero attached hydrogens (tertiary/aromatic N) is 2. The van der Waals surface area contributed by atoms with Crippen LogP contribution < -0.4 is 61.4 Å². The molecule has 18 N–H and O–H groups in total. The molecule has 0 aromatic rings. The molecule has 0 aliphatic rings. The molecule has 23 heteroatoms. The number of ketones is 5. The van der Waals surface area contributed by atoms with E-state index >= 15 is 0 Å². The van der Waals surface area contributed by atoms with Crippen molar-refractivity contribution in [3.63, 3.8) is 0 Å². The second kappa shape index (κ2) is 32.8. The van der Waals surface area contributed by atoms with E-state index in [0.717, 1.165) is 0 Å². The van der Waals surface area contributed by atoms with Gasteiger partial charge < -0.3 is 61.4 Å². The Balaban J connectivity index is 5.82. The third-order valence-corrected chi connectivity index (χ3v) is 11.3. The quantitative estimate of drug-likeness (QED) is 0.0189. The average molecular weight is 964 g/mol. The lowest BCUT2D eigenvalue weighted by atomic mass is 9.89. The van der Waals surface area contributed by atoms with Gasteiger partial charge in [0.1, 0.15) is 5.78 Å². The van der Waals surface area contributed by atoms with E-state index < -0.39 is 114 Å². The minimum atomic E-state index is -1.33. The number of nitrogens with one attached hydrogen (secondary N) is 4. The van der Waals surface area contributed by atoms with Gasteiger partial charge in [-0.1, -0.05) is 27.2 Å². The van der Waals surface area contributed by atoms with Gasteiger partial charge in [0.2, 0.25) is 29.5 Å². The Hall–Kier alpha value is -5.84. The van der Waals surface area contributed by atoms with Crippen molar-refractivity contribution in [2.75, 3.05) is 19.6 Å². The molecule has 23 nitrogen and oxygen atoms in total. The minimum absolute atomic E-state index is 0.0389. The molecule has 386 valence electrons. The first-order valence-electron chi connectivity index (χ1n) is 23.4. The van der Waals surface area contributed by atoms with Gasteiger partial charge in [0.15, 0.2) is 35.1 Å². The van der Waals surface area contributed by atoms with Gasteiger partial charge in [-0.3, -0.25) is 57.9 Å². The maximum absolute atomic E-state index is 13.7. The van der Waals surface area contributed by atoms with E-state index in [9.17, 15) is 47.9 Å². The smallest absolute Gasteiger partial charge is 0.224 e. The molecule has 0 heterocycles. The Labute approximate surface area is 400 Å². The molecule has 0 saturated carbocycles. The zero-order chi connectivity index (χ0) is 52.3. The summed E-state index contributed by atoms with van der Waals surface area (Å²) in [5.74, 6) is -10.0. The zero-order valence-electron chi connectivity index (χ0n) is 41.1. The van der Waals surface area contributed by atoms with Crippen molar-refractivity contribution in [1.29, 1.82) is 0 Å². The van der Waals surface area contributed by atoms with E-state index in [4.69, 9.17) is 40.1 Å². The van der Waals surface area contributed by atoms with Crippen LogP contribution in [0.5, 0.6) is 0 Å². The zero-order valence-corrected chi connectivity index (χ0v) is 41.1. The molecular weight excluding hydrogens is 883 g/mol. The van der Waals surface area contributed by atoms with Crippen LogP contribution >= 0.6 is 0 Å². The van der Waals surface area contributed by atoms with Crippen molar-refractivity contribution >= 4 is 70.4 Å². The lowest BCUT2D eigenvalue weighted by molar-refractivity contribution is -0.136. The predicted molar refractivity (Wildman–Crippen MR) is 258 cm³/mol. The molecule has 0 aromatic heterocycles. The van der Waals surface area contributed by atoms with Crippen molar-refractivity contribution < 1.29 is 47.9 Å². The molecule has 9 atom stereocenters. The summed E-state index contributed by atoms with van der Waals surface area (Å²) in [5.41, 5.74) is 38.6. The van der Waals surface area contributed by atoms with E-state index in [0.29, 0.717) is 38.6 Å². The Morgan fingerprint density at radius 3 is 1.40 bits per heavy atom. The van der Waals surface area contributed by atoms with Crippen molar-refractivity contribution in [3.05, 3.63) is 0 Å². The molecule has 0 fully saturated rings. The topological polar surface area (TPSA) is 426 Å². The van der Waals surface area contributed by atoms with E-state index in [1.165, 1.54) is 27.7 Å². The Kier molecular flexibility index (Phi) is 30.0. The predicted octanol–water partition coefficient (Wildman–Crippen LogP) is -1.62. The number of unbranched alkanes of at least 4 members (excludes halogenated alkanes) is 1. The van der Waals surface area contributed by atoms with Gasteiger partial charge in [-0.2, -0.15) is 0 Å². The maximum Gasteiger partial charge on any atom is 0.224 e. The first-order chi connectivity index (χ1) is 31.7. The van der Waals surface area contributed by atoms with Crippen LogP contribution in [-0.2, 0) is 47.9 Å². The molecular formula is C45H81N13O10. The second-order valence-electron chi connectivity index (χ2n) is 18.1. The number of carbonyl (C=O) groups is 10. The molecule has 0 aliphatic carbocycles. The molecule has 0 bridgehead atoms. The summed E-state index contributed by atoms with van der Waals surface area (Å²) in [7, 11) is 0. The number of hydrogen-bond acceptors (Lipinski definition) is 14. The molecule has 0 unspecified atom stereocenters. The van der Waals surface area contributed by atoms with E-state index in [2.05, 4.69) is 31.3 Å². The number of primary amides is 1. The summed E-state index contributed by atoms with van der Waals surface area (Å²) < 4.78 is 0. The van der Waals surface area contributed by atoms with Crippen molar-refractivity contribution in [3.8, 4) is 0 Å². The van der Waals surface area contributed by atoms with Gasteiger partial charge in [-0.15, -0.1) is 0 Å². The van der Waals surface area contributed by atoms with Gasteiger partial charge in [-0.25, -0.2) is 0 Å². The first-order valence-corrected chi connectivity index (χ1v) is 23.4. The van der Waals surface area contributed by atoms with Gasteiger partial charge in [0.05, 0.1) is 36.1 Å². The van der Waals surface area contributed by atoms with Crippen LogP contribution in [-0.4, -0.2) is 120 Å². The summed E-state index contributed by atoms with van der Waals surface area (Å²) in [6, 6.07) is -5.01. The Morgan fingerprint density at radius 2 is 0.926 bits per heavy atom. The van der Waals surface area contributed by atoms with Crippen LogP contribution in [0.1, 0.15) is 132 Å². The van der Waals surface area contributed by atoms with E-state index in [1.807, 2.05) is 13.8 Å². The normalized spacial score (nSPS) is 15.1. The fraction of sp³-hybridized carbons (Fsp3) is 0.733. The van der Waals surface area contributed by atoms with Crippen LogP contribution in [0.15, 0.2) is 9.98 Å². The van der Waals surface area contributed by atoms with Crippen LogP contribution in [0.2, 0.25) is 0 Å². The monoisotopic (exact) mass is 964 g/mol. The summed E-state index contributed by atoms with van der Waals surface area (Å²) in [4.78, 5) is 139. The van der Waals surface area contributed by atoms with Gasteiger partial charge in [0, 0.05) is 62.9 Å². The molecule has 0 aromatic carbocycles. The number of nitrogens with two attached hydrogens (primary N) is 7. The van der Waals surface area contributed by atoms with Crippen LogP contribution in [0.25, 0.3) is 0 Å². The number of amides is 5. The molecule has 0 rings (SSSR count). The highest BCUT2D eigenvalue weighted by molar-refractivity contribution is 5.98. The molecule has 0 radical (unpaired) electrons. The van der Waals surface area contributed by atoms with Crippen molar-refractivity contribution in [2.45, 2.75) is 162 Å². The molecule has 5 amide bonds. The molecule has 0 aliphatic heterocycles. The molecule has 0 saturated heterocycles. The standard InChI is InChI=1S/C45H81N13O10/c1-24(2)18-34(38(63)21-30(12-8-9-15-46)41(66)55-26(4)29(7)59)58-40(65)25(3)19-35(60)27(5)57-43(68)32(23-39(48)64)22-36(61)28(6)56-42(67)31(13-10-16-53-44(49)50)20-37(62)33(47)14-11-17-54-45(51)52/h24-28,30-34H,8-23,46-47H2,1-7H3,(H2,48,64)(H,55,66)(H,56,67)(H,57,68)(H,58,65)(H4,49,50,53)(H4,51,52,54)/t25-,26+,27+,28+,30-,31-,32+,33+,34+/m1/s1. The van der Waals surface area contributed by atoms with Gasteiger partial charge >= 0.3 is 0 Å². The molecule has 0 spiro atoms. The number of rotatable bonds is 37. The number of Topliss-reactive ketones (excluding diaryl/α,β-unsaturated/α-hetero) is 5. The summed E-state index contributed by atoms with van der Waals surface area (Å²) >= 11 is 0. The number of guanidine groups is 2. The SMILES string of the molecule is CC(=O)[C@H](C)NC(=O)[C@H](CCCCN)CC(=O)[C@H](CC(C)C)NC(=O)[C@H](C)CC(=O)[C@H](C)NC(=O)[C@H](CC(N)=O)CC(=O)[C@H](C)NC(=O)[C@H](CCCN=C(N)N)CC(=O)[C@@H](N)CCCN=C(N)N. The highest BCUT2D eigenvalue weighted by Gasteiger charge is 2.33. The van der Waals surface area contributed by atoms with Gasteiger partial charge in [-0.05, 0) is 85.1 Å². The number of aliphatic imine (C=N–C) groups is 2. The highest BCUT2D eigenvalue weighted by atomic mass is 16.2. The number of carbonyl (C=O) groups excluding carboxylic acids is 10. The summed E-state index contributed by atoms with van der Waals surface area (Å²) in [6.07, 6.45) is 0.986. The maximum atomic E-state index is 13.7. The van der Waals surface area contributed by atoms with Crippen molar-refractivity contribution in [2.24, 2.45) is 79.7 Å². The second-order valence-corrected chi connectivity index (χ2v) is 18.1. The minimum Gasteiger partial charge on any atom is -0.370 e. The molecule has 68 heavy (non-hydrogen) atoms. The fourth-order valence-corrected chi connectivity index (χ4v) is 7.00.